The van der Waals surface area contributed by atoms with Gasteiger partial charge in [-0.05, 0) is 25.7 Å². The van der Waals surface area contributed by atoms with Crippen LogP contribution >= 0.6 is 0 Å². The second-order valence-electron chi connectivity index (χ2n) is 4.48. The van der Waals surface area contributed by atoms with Crippen molar-refractivity contribution in [1.29, 1.82) is 0 Å². The van der Waals surface area contributed by atoms with Gasteiger partial charge in [-0.25, -0.2) is 0 Å². The molecule has 0 aromatic rings. The molecule has 14 heavy (non-hydrogen) atoms. The Bertz CT molecular complexity index is 246. The van der Waals surface area contributed by atoms with Gasteiger partial charge in [-0.3, -0.25) is 4.79 Å². The molecule has 0 spiro atoms. The van der Waals surface area contributed by atoms with E-state index in [-0.39, 0.29) is 5.91 Å². The van der Waals surface area contributed by atoms with Crippen LogP contribution in [-0.4, -0.2) is 17.5 Å². The maximum atomic E-state index is 11.9. The summed E-state index contributed by atoms with van der Waals surface area (Å²) >= 11 is 0. The molecule has 0 atom stereocenters. The van der Waals surface area contributed by atoms with Gasteiger partial charge in [-0.1, -0.05) is 25.0 Å². The summed E-state index contributed by atoms with van der Waals surface area (Å²) in [6.45, 7) is 0. The van der Waals surface area contributed by atoms with Crippen molar-refractivity contribution in [3.8, 4) is 0 Å². The van der Waals surface area contributed by atoms with Crippen molar-refractivity contribution in [3.63, 3.8) is 0 Å². The Hall–Kier alpha value is -0.830. The minimum Gasteiger partial charge on any atom is -0.351 e. The van der Waals surface area contributed by atoms with Gasteiger partial charge < -0.3 is 11.1 Å². The second kappa shape index (κ2) is 3.73. The number of carbonyl (C=O) groups is 1. The van der Waals surface area contributed by atoms with Crippen molar-refractivity contribution in [3.05, 3.63) is 12.2 Å². The van der Waals surface area contributed by atoms with Gasteiger partial charge in [0.2, 0.25) is 5.91 Å². The van der Waals surface area contributed by atoms with Crippen molar-refractivity contribution in [2.24, 2.45) is 5.73 Å². The van der Waals surface area contributed by atoms with E-state index in [1.54, 1.807) is 0 Å². The topological polar surface area (TPSA) is 55.1 Å². The zero-order valence-corrected chi connectivity index (χ0v) is 8.46. The third-order valence-corrected chi connectivity index (χ3v) is 3.29. The fraction of sp³-hybridized carbons (Fsp3) is 0.727. The molecule has 0 saturated heterocycles. The first-order chi connectivity index (χ1) is 6.71. The molecule has 3 heteroatoms. The Morgan fingerprint density at radius 1 is 1.29 bits per heavy atom. The number of amides is 1. The molecule has 0 bridgehead atoms. The highest BCUT2D eigenvalue weighted by atomic mass is 16.2. The molecule has 1 fully saturated rings. The molecule has 0 aromatic carbocycles. The van der Waals surface area contributed by atoms with Crippen LogP contribution in [0.1, 0.15) is 38.5 Å². The normalized spacial score (nSPS) is 25.5. The maximum Gasteiger partial charge on any atom is 0.240 e. The van der Waals surface area contributed by atoms with Crippen molar-refractivity contribution in [1.82, 2.24) is 5.32 Å². The molecule has 0 aliphatic heterocycles. The fourth-order valence-electron chi connectivity index (χ4n) is 2.30. The van der Waals surface area contributed by atoms with Gasteiger partial charge in [-0.2, -0.15) is 0 Å². The monoisotopic (exact) mass is 194 g/mol. The van der Waals surface area contributed by atoms with Crippen molar-refractivity contribution >= 4 is 5.91 Å². The highest BCUT2D eigenvalue weighted by molar-refractivity contribution is 5.86. The van der Waals surface area contributed by atoms with E-state index in [0.717, 1.165) is 38.5 Å². The van der Waals surface area contributed by atoms with Gasteiger partial charge in [-0.15, -0.1) is 0 Å². The number of hydrogen-bond donors (Lipinski definition) is 2. The summed E-state index contributed by atoms with van der Waals surface area (Å²) in [5, 5.41) is 3.03. The maximum absolute atomic E-state index is 11.9. The standard InChI is InChI=1S/C11H18N2O/c12-11(7-3-4-8-11)10(14)13-9-5-1-2-6-9/h1-2,9H,3-8,12H2,(H,13,14). The van der Waals surface area contributed by atoms with E-state index < -0.39 is 5.54 Å². The predicted molar refractivity (Wildman–Crippen MR) is 55.7 cm³/mol. The summed E-state index contributed by atoms with van der Waals surface area (Å²) < 4.78 is 0. The Balaban J connectivity index is 1.88. The van der Waals surface area contributed by atoms with Gasteiger partial charge >= 0.3 is 0 Å². The van der Waals surface area contributed by atoms with Crippen LogP contribution in [0, 0.1) is 0 Å². The molecule has 1 amide bonds. The molecule has 0 unspecified atom stereocenters. The number of nitrogens with one attached hydrogen (secondary N) is 1. The van der Waals surface area contributed by atoms with Crippen molar-refractivity contribution in [2.45, 2.75) is 50.1 Å². The van der Waals surface area contributed by atoms with E-state index in [4.69, 9.17) is 5.73 Å². The third-order valence-electron chi connectivity index (χ3n) is 3.29. The van der Waals surface area contributed by atoms with Crippen LogP contribution in [0.2, 0.25) is 0 Å². The summed E-state index contributed by atoms with van der Waals surface area (Å²) in [5.74, 6) is 0.0590. The Morgan fingerprint density at radius 2 is 1.86 bits per heavy atom. The highest BCUT2D eigenvalue weighted by Crippen LogP contribution is 2.27. The molecule has 2 aliphatic carbocycles. The third kappa shape index (κ3) is 1.82. The summed E-state index contributed by atoms with van der Waals surface area (Å²) in [7, 11) is 0. The van der Waals surface area contributed by atoms with E-state index in [2.05, 4.69) is 17.5 Å². The zero-order chi connectivity index (χ0) is 10.0. The number of rotatable bonds is 2. The van der Waals surface area contributed by atoms with E-state index in [1.165, 1.54) is 0 Å². The molecule has 2 aliphatic rings. The lowest BCUT2D eigenvalue weighted by Crippen LogP contribution is -2.54. The van der Waals surface area contributed by atoms with Gasteiger partial charge in [0.25, 0.3) is 0 Å². The van der Waals surface area contributed by atoms with Gasteiger partial charge in [0.1, 0.15) is 0 Å². The summed E-state index contributed by atoms with van der Waals surface area (Å²) in [6.07, 6.45) is 10.0. The van der Waals surface area contributed by atoms with Crippen LogP contribution < -0.4 is 11.1 Å². The Labute approximate surface area is 84.7 Å². The average Bonchev–Trinajstić information content (AvgIpc) is 2.76. The Morgan fingerprint density at radius 3 is 2.43 bits per heavy atom. The quantitative estimate of drug-likeness (QED) is 0.647. The van der Waals surface area contributed by atoms with E-state index >= 15 is 0 Å². The molecule has 0 aromatic heterocycles. The molecule has 0 radical (unpaired) electrons. The number of nitrogens with two attached hydrogens (primary N) is 1. The SMILES string of the molecule is NC1(C(=O)NC2CC=CC2)CCCC1. The van der Waals surface area contributed by atoms with Crippen LogP contribution in [0.4, 0.5) is 0 Å². The minimum atomic E-state index is -0.567. The van der Waals surface area contributed by atoms with Crippen LogP contribution in [-0.2, 0) is 4.79 Å². The lowest BCUT2D eigenvalue weighted by atomic mass is 9.97. The van der Waals surface area contributed by atoms with Crippen molar-refractivity contribution < 1.29 is 4.79 Å². The molecular weight excluding hydrogens is 176 g/mol. The average molecular weight is 194 g/mol. The van der Waals surface area contributed by atoms with E-state index in [1.807, 2.05) is 0 Å². The Kier molecular flexibility index (Phi) is 2.59. The van der Waals surface area contributed by atoms with Crippen LogP contribution in [0.15, 0.2) is 12.2 Å². The molecule has 3 nitrogen and oxygen atoms in total. The van der Waals surface area contributed by atoms with Crippen molar-refractivity contribution in [2.75, 3.05) is 0 Å². The van der Waals surface area contributed by atoms with E-state index in [9.17, 15) is 4.79 Å². The lowest BCUT2D eigenvalue weighted by Gasteiger charge is -2.24. The molecule has 78 valence electrons. The van der Waals surface area contributed by atoms with Crippen LogP contribution in [0.5, 0.6) is 0 Å². The predicted octanol–water partition coefficient (Wildman–Crippen LogP) is 1.09. The summed E-state index contributed by atoms with van der Waals surface area (Å²) in [4.78, 5) is 11.9. The zero-order valence-electron chi connectivity index (χ0n) is 8.46. The summed E-state index contributed by atoms with van der Waals surface area (Å²) in [5.41, 5.74) is 5.48. The van der Waals surface area contributed by atoms with Gasteiger partial charge in [0, 0.05) is 6.04 Å². The molecule has 2 rings (SSSR count). The summed E-state index contributed by atoms with van der Waals surface area (Å²) in [6, 6.07) is 0.295. The fourth-order valence-corrected chi connectivity index (χ4v) is 2.30. The van der Waals surface area contributed by atoms with Gasteiger partial charge in [0.15, 0.2) is 0 Å². The molecular formula is C11H18N2O. The largest absolute Gasteiger partial charge is 0.351 e. The minimum absolute atomic E-state index is 0.0590. The first-order valence-corrected chi connectivity index (χ1v) is 5.45. The second-order valence-corrected chi connectivity index (χ2v) is 4.48. The van der Waals surface area contributed by atoms with Gasteiger partial charge in [0.05, 0.1) is 5.54 Å². The van der Waals surface area contributed by atoms with Crippen LogP contribution in [0.3, 0.4) is 0 Å². The first kappa shape index (κ1) is 9.71. The molecule has 1 saturated carbocycles. The molecule has 3 N–H and O–H groups in total. The smallest absolute Gasteiger partial charge is 0.240 e. The molecule has 0 heterocycles. The number of hydrogen-bond acceptors (Lipinski definition) is 2. The van der Waals surface area contributed by atoms with Crippen LogP contribution in [0.25, 0.3) is 0 Å². The first-order valence-electron chi connectivity index (χ1n) is 5.45. The number of carbonyl (C=O) groups excluding carboxylic acids is 1. The lowest BCUT2D eigenvalue weighted by molar-refractivity contribution is -0.126. The van der Waals surface area contributed by atoms with E-state index in [0.29, 0.717) is 6.04 Å². The highest BCUT2D eigenvalue weighted by Gasteiger charge is 2.37.